The highest BCUT2D eigenvalue weighted by Crippen LogP contribution is 2.24. The van der Waals surface area contributed by atoms with E-state index in [1.807, 2.05) is 38.1 Å². The molecule has 0 N–H and O–H groups in total. The molecule has 0 saturated heterocycles. The van der Waals surface area contributed by atoms with Gasteiger partial charge in [0, 0.05) is 19.3 Å². The molecule has 1 rings (SSSR count). The molecule has 0 spiro atoms. The Morgan fingerprint density at radius 1 is 1.25 bits per heavy atom. The predicted octanol–water partition coefficient (Wildman–Crippen LogP) is 3.03. The lowest BCUT2D eigenvalue weighted by molar-refractivity contribution is -0.167. The summed E-state index contributed by atoms with van der Waals surface area (Å²) >= 11 is 2.12. The van der Waals surface area contributed by atoms with Crippen molar-refractivity contribution in [2.45, 2.75) is 17.6 Å². The van der Waals surface area contributed by atoms with E-state index in [0.717, 1.165) is 0 Å². The van der Waals surface area contributed by atoms with Crippen molar-refractivity contribution < 1.29 is 14.2 Å². The Morgan fingerprint density at radius 3 is 2.44 bits per heavy atom. The summed E-state index contributed by atoms with van der Waals surface area (Å²) in [5.41, 5.74) is 0. The molecule has 0 aliphatic heterocycles. The number of ether oxygens (including phenoxy) is 3. The predicted molar refractivity (Wildman–Crippen MR) is 70.8 cm³/mol. The molecule has 0 atom stereocenters. The van der Waals surface area contributed by atoms with Gasteiger partial charge in [-0.15, -0.1) is 0 Å². The fourth-order valence-electron chi connectivity index (χ4n) is 1.19. The molecule has 16 heavy (non-hydrogen) atoms. The van der Waals surface area contributed by atoms with Crippen LogP contribution in [0.25, 0.3) is 0 Å². The molecule has 4 heteroatoms. The van der Waals surface area contributed by atoms with Crippen molar-refractivity contribution in [3.63, 3.8) is 0 Å². The molecule has 0 bridgehead atoms. The number of hydrogen-bond donors (Lipinski definition) is 0. The number of rotatable bonds is 7. The van der Waals surface area contributed by atoms with Crippen LogP contribution in [0.5, 0.6) is 5.75 Å². The Balaban J connectivity index is 2.49. The first-order valence-electron chi connectivity index (χ1n) is 5.26. The van der Waals surface area contributed by atoms with E-state index in [9.17, 15) is 0 Å². The smallest absolute Gasteiger partial charge is 0.256 e. The van der Waals surface area contributed by atoms with Gasteiger partial charge in [0.15, 0.2) is 6.61 Å². The minimum absolute atomic E-state index is 0.343. The van der Waals surface area contributed by atoms with E-state index < -0.39 is 3.79 Å². The highest BCUT2D eigenvalue weighted by molar-refractivity contribution is 14.1. The quantitative estimate of drug-likeness (QED) is 0.436. The van der Waals surface area contributed by atoms with Crippen LogP contribution in [0.3, 0.4) is 0 Å². The van der Waals surface area contributed by atoms with Crippen molar-refractivity contribution >= 4 is 22.6 Å². The Hall–Kier alpha value is -0.330. The van der Waals surface area contributed by atoms with Crippen molar-refractivity contribution in [1.29, 1.82) is 0 Å². The zero-order chi connectivity index (χ0) is 11.9. The van der Waals surface area contributed by atoms with Crippen LogP contribution in [-0.4, -0.2) is 23.6 Å². The van der Waals surface area contributed by atoms with Gasteiger partial charge in [0.25, 0.3) is 3.79 Å². The van der Waals surface area contributed by atoms with E-state index in [1.165, 1.54) is 0 Å². The summed E-state index contributed by atoms with van der Waals surface area (Å²) in [6, 6.07) is 10.5. The fraction of sp³-hybridized carbons (Fsp3) is 0.500. The van der Waals surface area contributed by atoms with Crippen LogP contribution in [0.2, 0.25) is 0 Å². The van der Waals surface area contributed by atoms with Crippen molar-refractivity contribution in [1.82, 2.24) is 0 Å². The van der Waals surface area contributed by atoms with E-state index in [0.29, 0.717) is 25.6 Å². The lowest BCUT2D eigenvalue weighted by atomic mass is 10.3. The molecule has 1 aromatic rings. The average Bonchev–Trinajstić information content (AvgIpc) is 2.29. The molecule has 0 amide bonds. The standard InChI is InChI=1S/C12H16IO3/c1-3-15-12(13,16-4-2)10-14-11-8-6-5-7-9-11/h5-8H,3-4,10H2,1-2H3. The van der Waals surface area contributed by atoms with E-state index in [1.54, 1.807) is 0 Å². The van der Waals surface area contributed by atoms with Crippen LogP contribution in [0, 0.1) is 6.07 Å². The second kappa shape index (κ2) is 7.09. The minimum atomic E-state index is -0.717. The van der Waals surface area contributed by atoms with Gasteiger partial charge in [0.1, 0.15) is 5.75 Å². The zero-order valence-electron chi connectivity index (χ0n) is 9.53. The van der Waals surface area contributed by atoms with E-state index >= 15 is 0 Å². The first-order chi connectivity index (χ1) is 7.70. The summed E-state index contributed by atoms with van der Waals surface area (Å²) in [7, 11) is 0. The van der Waals surface area contributed by atoms with Gasteiger partial charge >= 0.3 is 0 Å². The third kappa shape index (κ3) is 4.67. The summed E-state index contributed by atoms with van der Waals surface area (Å²) in [5, 5.41) is 0. The summed E-state index contributed by atoms with van der Waals surface area (Å²) in [4.78, 5) is 0. The van der Waals surface area contributed by atoms with Crippen LogP contribution in [0.15, 0.2) is 24.3 Å². The van der Waals surface area contributed by atoms with Crippen LogP contribution >= 0.6 is 22.6 Å². The summed E-state index contributed by atoms with van der Waals surface area (Å²) < 4.78 is 15.9. The largest absolute Gasteiger partial charge is 0.486 e. The van der Waals surface area contributed by atoms with Crippen molar-refractivity contribution in [2.75, 3.05) is 19.8 Å². The molecule has 3 nitrogen and oxygen atoms in total. The number of hydrogen-bond acceptors (Lipinski definition) is 3. The van der Waals surface area contributed by atoms with Gasteiger partial charge in [0.05, 0.1) is 0 Å². The highest BCUT2D eigenvalue weighted by atomic mass is 127. The maximum absolute atomic E-state index is 5.56. The number of benzene rings is 1. The molecule has 0 aromatic heterocycles. The summed E-state index contributed by atoms with van der Waals surface area (Å²) in [6.07, 6.45) is 0. The number of para-hydroxylation sites is 1. The Morgan fingerprint density at radius 2 is 1.94 bits per heavy atom. The van der Waals surface area contributed by atoms with Gasteiger partial charge in [-0.05, 0) is 42.5 Å². The molecule has 1 radical (unpaired) electrons. The van der Waals surface area contributed by atoms with Crippen LogP contribution < -0.4 is 4.74 Å². The SMILES string of the molecule is CCOC(I)(COc1[c]cccc1)OCC. The molecule has 0 aliphatic rings. The van der Waals surface area contributed by atoms with Gasteiger partial charge < -0.3 is 14.2 Å². The maximum Gasteiger partial charge on any atom is 0.256 e. The van der Waals surface area contributed by atoms with Crippen molar-refractivity contribution in [2.24, 2.45) is 0 Å². The van der Waals surface area contributed by atoms with Crippen LogP contribution in [-0.2, 0) is 9.47 Å². The number of halogens is 1. The third-order valence-electron chi connectivity index (χ3n) is 1.80. The zero-order valence-corrected chi connectivity index (χ0v) is 11.7. The topological polar surface area (TPSA) is 27.7 Å². The molecule has 0 fully saturated rings. The molecule has 0 unspecified atom stereocenters. The van der Waals surface area contributed by atoms with E-state index in [-0.39, 0.29) is 0 Å². The first-order valence-corrected chi connectivity index (χ1v) is 6.34. The Kier molecular flexibility index (Phi) is 6.08. The summed E-state index contributed by atoms with van der Waals surface area (Å²) in [5.74, 6) is 0.697. The second-order valence-electron chi connectivity index (χ2n) is 3.04. The van der Waals surface area contributed by atoms with Crippen LogP contribution in [0.1, 0.15) is 13.8 Å². The molecule has 0 heterocycles. The maximum atomic E-state index is 5.56. The Bertz CT molecular complexity index is 284. The number of alkyl halides is 1. The van der Waals surface area contributed by atoms with Gasteiger partial charge in [-0.25, -0.2) is 0 Å². The lowest BCUT2D eigenvalue weighted by Crippen LogP contribution is -2.35. The summed E-state index contributed by atoms with van der Waals surface area (Å²) in [6.45, 7) is 5.38. The minimum Gasteiger partial charge on any atom is -0.486 e. The van der Waals surface area contributed by atoms with Crippen LogP contribution in [0.4, 0.5) is 0 Å². The van der Waals surface area contributed by atoms with Gasteiger partial charge in [-0.2, -0.15) is 0 Å². The monoisotopic (exact) mass is 335 g/mol. The Labute approximate surface area is 110 Å². The van der Waals surface area contributed by atoms with Crippen molar-refractivity contribution in [3.05, 3.63) is 30.3 Å². The van der Waals surface area contributed by atoms with Crippen molar-refractivity contribution in [3.8, 4) is 5.75 Å². The first kappa shape index (κ1) is 13.7. The molecule has 0 saturated carbocycles. The molecule has 89 valence electrons. The highest BCUT2D eigenvalue weighted by Gasteiger charge is 2.28. The third-order valence-corrected chi connectivity index (χ3v) is 2.73. The molecule has 0 aliphatic carbocycles. The van der Waals surface area contributed by atoms with Gasteiger partial charge in [-0.1, -0.05) is 18.2 Å². The van der Waals surface area contributed by atoms with Gasteiger partial charge in [0.2, 0.25) is 0 Å². The molecular weight excluding hydrogens is 319 g/mol. The van der Waals surface area contributed by atoms with E-state index in [4.69, 9.17) is 14.2 Å². The van der Waals surface area contributed by atoms with Gasteiger partial charge in [-0.3, -0.25) is 0 Å². The normalized spacial score (nSPS) is 11.4. The fourth-order valence-corrected chi connectivity index (χ4v) is 1.97. The average molecular weight is 335 g/mol. The second-order valence-corrected chi connectivity index (χ2v) is 4.69. The molecular formula is C12H16IO3. The molecule has 1 aromatic carbocycles. The lowest BCUT2D eigenvalue weighted by Gasteiger charge is -2.26. The van der Waals surface area contributed by atoms with E-state index in [2.05, 4.69) is 28.7 Å².